The molecule has 0 fully saturated rings. The molecule has 0 spiro atoms. The number of amides is 4. The van der Waals surface area contributed by atoms with Gasteiger partial charge in [-0.25, -0.2) is 9.59 Å². The lowest BCUT2D eigenvalue weighted by Crippen LogP contribution is -2.44. The van der Waals surface area contributed by atoms with E-state index in [2.05, 4.69) is 28.1 Å². The molecule has 2 atom stereocenters. The van der Waals surface area contributed by atoms with Gasteiger partial charge in [-0.3, -0.25) is 9.59 Å². The summed E-state index contributed by atoms with van der Waals surface area (Å²) >= 11 is 6.54. The average Bonchev–Trinajstić information content (AvgIpc) is 3.79. The molecule has 5 aromatic carbocycles. The monoisotopic (exact) mass is 842 g/mol. The van der Waals surface area contributed by atoms with Crippen molar-refractivity contribution in [3.8, 4) is 16.9 Å². The van der Waals surface area contributed by atoms with E-state index in [1.54, 1.807) is 38.9 Å². The highest BCUT2D eigenvalue weighted by molar-refractivity contribution is 6.19. The molecule has 1 unspecified atom stereocenters. The van der Waals surface area contributed by atoms with Gasteiger partial charge in [-0.05, 0) is 103 Å². The van der Waals surface area contributed by atoms with E-state index in [4.69, 9.17) is 25.8 Å². The van der Waals surface area contributed by atoms with Gasteiger partial charge in [0.25, 0.3) is 5.91 Å². The summed E-state index contributed by atoms with van der Waals surface area (Å²) in [7, 11) is 1.60. The van der Waals surface area contributed by atoms with Crippen LogP contribution in [0, 0.1) is 0 Å². The van der Waals surface area contributed by atoms with Crippen LogP contribution < -0.4 is 25.6 Å². The molecule has 316 valence electrons. The molecule has 1 aliphatic heterocycles. The molecule has 12 heteroatoms. The third-order valence-corrected chi connectivity index (χ3v) is 11.3. The van der Waals surface area contributed by atoms with Crippen molar-refractivity contribution < 1.29 is 33.4 Å². The van der Waals surface area contributed by atoms with E-state index in [1.165, 1.54) is 6.08 Å². The summed E-state index contributed by atoms with van der Waals surface area (Å²) in [6, 6.07) is 32.1. The minimum atomic E-state index is -0.995. The van der Waals surface area contributed by atoms with Gasteiger partial charge in [-0.1, -0.05) is 84.9 Å². The number of unbranched alkanes of at least 4 members (excludes halogenated alkanes) is 1. The van der Waals surface area contributed by atoms with Crippen LogP contribution in [0.3, 0.4) is 0 Å². The predicted molar refractivity (Wildman–Crippen MR) is 241 cm³/mol. The smallest absolute Gasteiger partial charge is 0.407 e. The number of rotatable bonds is 14. The summed E-state index contributed by atoms with van der Waals surface area (Å²) in [5, 5.41) is 10.3. The number of methoxy groups -OCH3 is 1. The summed E-state index contributed by atoms with van der Waals surface area (Å²) in [4.78, 5) is 55.7. The third-order valence-electron chi connectivity index (χ3n) is 11.0. The number of nitrogens with zero attached hydrogens (tertiary/aromatic N) is 1. The number of benzene rings is 5. The van der Waals surface area contributed by atoms with Crippen LogP contribution in [0.4, 0.5) is 21.0 Å². The fourth-order valence-electron chi connectivity index (χ4n) is 8.11. The summed E-state index contributed by atoms with van der Waals surface area (Å²) in [6.45, 7) is 6.16. The molecule has 0 bridgehead atoms. The molecule has 2 aliphatic rings. The van der Waals surface area contributed by atoms with Crippen LogP contribution in [0.1, 0.15) is 74.1 Å². The van der Waals surface area contributed by atoms with Gasteiger partial charge in [0.1, 0.15) is 24.0 Å². The molecule has 4 amide bonds. The summed E-state index contributed by atoms with van der Waals surface area (Å²) < 4.78 is 16.5. The highest BCUT2D eigenvalue weighted by atomic mass is 35.5. The number of ether oxygens (including phenoxy) is 3. The number of fused-ring (bicyclic) bond motifs is 6. The number of hydrogen-bond acceptors (Lipinski definition) is 7. The Bertz CT molecular complexity index is 2400. The Hall–Kier alpha value is -6.33. The van der Waals surface area contributed by atoms with Crippen LogP contribution >= 0.6 is 11.6 Å². The zero-order valence-corrected chi connectivity index (χ0v) is 35.6. The second-order valence-electron chi connectivity index (χ2n) is 16.2. The maximum atomic E-state index is 14.4. The normalized spacial score (nSPS) is 14.8. The quantitative estimate of drug-likeness (QED) is 0.0576. The van der Waals surface area contributed by atoms with Crippen molar-refractivity contribution in [2.45, 2.75) is 63.5 Å². The van der Waals surface area contributed by atoms with Crippen LogP contribution in [-0.2, 0) is 19.1 Å². The lowest BCUT2D eigenvalue weighted by Gasteiger charge is -2.22. The Morgan fingerprint density at radius 1 is 0.852 bits per heavy atom. The molecule has 61 heavy (non-hydrogen) atoms. The first-order valence-electron chi connectivity index (χ1n) is 20.6. The minimum absolute atomic E-state index is 0.0853. The summed E-state index contributed by atoms with van der Waals surface area (Å²) in [5.41, 5.74) is 6.64. The number of nitrogens with one attached hydrogen (secondary N) is 3. The molecule has 0 saturated heterocycles. The molecule has 3 N–H and O–H groups in total. The van der Waals surface area contributed by atoms with Crippen LogP contribution in [0.15, 0.2) is 109 Å². The molecule has 1 aliphatic carbocycles. The predicted octanol–water partition coefficient (Wildman–Crippen LogP) is 9.77. The first-order chi connectivity index (χ1) is 29.4. The van der Waals surface area contributed by atoms with Gasteiger partial charge >= 0.3 is 12.2 Å². The van der Waals surface area contributed by atoms with Crippen molar-refractivity contribution >= 4 is 63.8 Å². The number of alkyl halides is 1. The van der Waals surface area contributed by atoms with E-state index in [-0.39, 0.29) is 30.8 Å². The Labute approximate surface area is 361 Å². The Balaban J connectivity index is 1.11. The van der Waals surface area contributed by atoms with Crippen LogP contribution in [0.25, 0.3) is 28.0 Å². The zero-order chi connectivity index (χ0) is 43.1. The van der Waals surface area contributed by atoms with Gasteiger partial charge in [-0.2, -0.15) is 0 Å². The van der Waals surface area contributed by atoms with Gasteiger partial charge in [0, 0.05) is 42.3 Å². The minimum Gasteiger partial charge on any atom is -0.497 e. The Morgan fingerprint density at radius 2 is 1.51 bits per heavy atom. The molecule has 5 aromatic rings. The lowest BCUT2D eigenvalue weighted by atomic mass is 9.94. The van der Waals surface area contributed by atoms with Crippen molar-refractivity contribution in [1.29, 1.82) is 0 Å². The SMILES string of the molecule is COc1ccc(/C=C/C(=O)N2CC(CCl)c3c2cc(NC(=O)[C@H](CCCCNC(=O)OC(C)(C)C)NC(=O)OCC2c4ccccc4-c4ccccc42)c2ccccc32)cc1. The van der Waals surface area contributed by atoms with Crippen LogP contribution in [-0.4, -0.2) is 68.3 Å². The molecule has 0 aromatic heterocycles. The fourth-order valence-corrected chi connectivity index (χ4v) is 8.36. The average molecular weight is 843 g/mol. The molecule has 0 radical (unpaired) electrons. The second-order valence-corrected chi connectivity index (χ2v) is 16.6. The van der Waals surface area contributed by atoms with Crippen molar-refractivity contribution in [3.63, 3.8) is 0 Å². The molecular weight excluding hydrogens is 792 g/mol. The number of halogens is 1. The van der Waals surface area contributed by atoms with Crippen molar-refractivity contribution in [1.82, 2.24) is 10.6 Å². The molecule has 1 heterocycles. The fraction of sp³-hybridized carbons (Fsp3) is 0.306. The number of carbonyl (C=O) groups is 4. The largest absolute Gasteiger partial charge is 0.497 e. The molecule has 0 saturated carbocycles. The van der Waals surface area contributed by atoms with E-state index in [9.17, 15) is 19.2 Å². The standard InChI is InChI=1S/C49H51ClN4O7/c1-49(2,3)61-47(57)51-26-12-11-19-41(53-48(58)60-30-40-36-15-7-5-13-34(36)35-14-6-8-16-37(35)40)46(56)52-42-27-43-45(39-18-10-9-17-38(39)42)32(28-50)29-54(43)44(55)25-22-31-20-23-33(59-4)24-21-31/h5-10,13-18,20-25,27,32,40-41H,11-12,19,26,28-30H2,1-4H3,(H,51,57)(H,52,56)(H,53,58)/b25-22+/t32?,41-/m0/s1. The van der Waals surface area contributed by atoms with E-state index < -0.39 is 29.7 Å². The highest BCUT2D eigenvalue weighted by Gasteiger charge is 2.35. The van der Waals surface area contributed by atoms with Crippen LogP contribution in [0.2, 0.25) is 0 Å². The topological polar surface area (TPSA) is 135 Å². The van der Waals surface area contributed by atoms with Gasteiger partial charge in [0.15, 0.2) is 0 Å². The number of carbonyl (C=O) groups excluding carboxylic acids is 4. The highest BCUT2D eigenvalue weighted by Crippen LogP contribution is 2.46. The van der Waals surface area contributed by atoms with E-state index in [0.29, 0.717) is 48.9 Å². The maximum Gasteiger partial charge on any atom is 0.407 e. The maximum absolute atomic E-state index is 14.4. The Morgan fingerprint density at radius 3 is 2.16 bits per heavy atom. The van der Waals surface area contributed by atoms with Crippen LogP contribution in [0.5, 0.6) is 5.75 Å². The Kier molecular flexibility index (Phi) is 13.3. The number of alkyl carbamates (subject to hydrolysis) is 2. The van der Waals surface area contributed by atoms with Crippen molar-refractivity contribution in [2.24, 2.45) is 0 Å². The second kappa shape index (κ2) is 18.9. The van der Waals surface area contributed by atoms with Crippen molar-refractivity contribution in [3.05, 3.63) is 131 Å². The lowest BCUT2D eigenvalue weighted by molar-refractivity contribution is -0.118. The van der Waals surface area contributed by atoms with Crippen molar-refractivity contribution in [2.75, 3.05) is 42.9 Å². The zero-order valence-electron chi connectivity index (χ0n) is 34.8. The molecule has 7 rings (SSSR count). The molecule has 11 nitrogen and oxygen atoms in total. The first-order valence-corrected chi connectivity index (χ1v) is 21.1. The summed E-state index contributed by atoms with van der Waals surface area (Å²) in [5.74, 6) is 0.0330. The molecular formula is C49H51ClN4O7. The van der Waals surface area contributed by atoms with Gasteiger partial charge in [0.2, 0.25) is 5.91 Å². The third kappa shape index (κ3) is 10.0. The van der Waals surface area contributed by atoms with Gasteiger partial charge in [0.05, 0.1) is 18.5 Å². The summed E-state index contributed by atoms with van der Waals surface area (Å²) in [6.07, 6.45) is 3.30. The van der Waals surface area contributed by atoms with Gasteiger partial charge < -0.3 is 35.1 Å². The number of hydrogen-bond donors (Lipinski definition) is 3. The van der Waals surface area contributed by atoms with E-state index >= 15 is 0 Å². The van der Waals surface area contributed by atoms with Gasteiger partial charge in [-0.15, -0.1) is 11.6 Å². The number of anilines is 2. The first kappa shape index (κ1) is 42.8. The van der Waals surface area contributed by atoms with E-state index in [1.807, 2.05) is 91.0 Å². The van der Waals surface area contributed by atoms with E-state index in [0.717, 1.165) is 44.2 Å².